The number of nitrogens with zero attached hydrogens (tertiary/aromatic N) is 1. The zero-order chi connectivity index (χ0) is 23.2. The van der Waals surface area contributed by atoms with Crippen LogP contribution >= 0.6 is 0 Å². The van der Waals surface area contributed by atoms with Crippen molar-refractivity contribution in [1.29, 1.82) is 0 Å². The molecule has 3 aromatic carbocycles. The Morgan fingerprint density at radius 3 is 2.48 bits per heavy atom. The fourth-order valence-electron chi connectivity index (χ4n) is 3.82. The average molecular weight is 441 g/mol. The van der Waals surface area contributed by atoms with E-state index in [0.29, 0.717) is 13.0 Å². The molecule has 33 heavy (non-hydrogen) atoms. The Hall–Kier alpha value is -3.90. The van der Waals surface area contributed by atoms with Crippen molar-refractivity contribution in [3.8, 4) is 11.1 Å². The number of hydrogen-bond acceptors (Lipinski definition) is 3. The molecule has 2 amide bonds. The van der Waals surface area contributed by atoms with Crippen molar-refractivity contribution in [2.75, 3.05) is 32.5 Å². The Labute approximate surface area is 193 Å². The zero-order valence-electron chi connectivity index (χ0n) is 18.9. The van der Waals surface area contributed by atoms with Gasteiger partial charge in [0.15, 0.2) is 0 Å². The van der Waals surface area contributed by atoms with E-state index in [1.165, 1.54) is 0 Å². The molecule has 0 unspecified atom stereocenters. The standard InChI is InChI=1S/C27H28N4O2/c1-31(2)15-14-28-27(33)29-23-12-10-20(11-13-23)21-7-5-6-19(16-21)17-22-18-26(32)30-25-9-4-3-8-24(22)25/h3-13,16,18H,14-15,17H2,1-2H3,(H,30,32)(H2,28,29,33). The molecule has 0 saturated heterocycles. The number of hydrogen-bond donors (Lipinski definition) is 3. The minimum absolute atomic E-state index is 0.0892. The second-order valence-corrected chi connectivity index (χ2v) is 8.34. The molecule has 168 valence electrons. The first-order valence-corrected chi connectivity index (χ1v) is 11.0. The lowest BCUT2D eigenvalue weighted by molar-refractivity contribution is 0.250. The molecule has 6 heteroatoms. The second kappa shape index (κ2) is 10.1. The minimum Gasteiger partial charge on any atom is -0.337 e. The number of carbonyl (C=O) groups is 1. The zero-order valence-corrected chi connectivity index (χ0v) is 18.9. The molecule has 3 N–H and O–H groups in total. The lowest BCUT2D eigenvalue weighted by Crippen LogP contribution is -2.34. The van der Waals surface area contributed by atoms with Gasteiger partial charge in [-0.2, -0.15) is 0 Å². The smallest absolute Gasteiger partial charge is 0.319 e. The maximum atomic E-state index is 12.1. The molecule has 4 aromatic rings. The third kappa shape index (κ3) is 5.87. The van der Waals surface area contributed by atoms with Gasteiger partial charge in [0.2, 0.25) is 5.56 Å². The highest BCUT2D eigenvalue weighted by molar-refractivity contribution is 5.89. The third-order valence-electron chi connectivity index (χ3n) is 5.48. The van der Waals surface area contributed by atoms with E-state index >= 15 is 0 Å². The lowest BCUT2D eigenvalue weighted by atomic mass is 9.97. The van der Waals surface area contributed by atoms with Crippen LogP contribution in [-0.2, 0) is 6.42 Å². The monoisotopic (exact) mass is 440 g/mol. The largest absolute Gasteiger partial charge is 0.337 e. The number of aromatic amines is 1. The Kier molecular flexibility index (Phi) is 6.86. The summed E-state index contributed by atoms with van der Waals surface area (Å²) in [5.74, 6) is 0. The third-order valence-corrected chi connectivity index (χ3v) is 5.48. The summed E-state index contributed by atoms with van der Waals surface area (Å²) < 4.78 is 0. The topological polar surface area (TPSA) is 77.2 Å². The van der Waals surface area contributed by atoms with Crippen molar-refractivity contribution in [2.45, 2.75) is 6.42 Å². The van der Waals surface area contributed by atoms with Crippen LogP contribution in [0.1, 0.15) is 11.1 Å². The number of amides is 2. The quantitative estimate of drug-likeness (QED) is 0.397. The number of aromatic nitrogens is 1. The molecule has 0 aliphatic carbocycles. The van der Waals surface area contributed by atoms with Gasteiger partial charge < -0.3 is 20.5 Å². The first-order valence-electron chi connectivity index (χ1n) is 11.0. The Morgan fingerprint density at radius 1 is 0.909 bits per heavy atom. The molecule has 0 spiro atoms. The van der Waals surface area contributed by atoms with Gasteiger partial charge in [0.25, 0.3) is 0 Å². The Morgan fingerprint density at radius 2 is 1.70 bits per heavy atom. The van der Waals surface area contributed by atoms with Gasteiger partial charge >= 0.3 is 6.03 Å². The number of nitrogens with one attached hydrogen (secondary N) is 3. The minimum atomic E-state index is -0.211. The van der Waals surface area contributed by atoms with Gasteiger partial charge in [-0.1, -0.05) is 54.6 Å². The van der Waals surface area contributed by atoms with Gasteiger partial charge in [-0.3, -0.25) is 4.79 Å². The number of para-hydroxylation sites is 1. The maximum Gasteiger partial charge on any atom is 0.319 e. The SMILES string of the molecule is CN(C)CCNC(=O)Nc1ccc(-c2cccc(Cc3cc(=O)[nH]c4ccccc34)c2)cc1. The van der Waals surface area contributed by atoms with Crippen molar-refractivity contribution in [3.63, 3.8) is 0 Å². The van der Waals surface area contributed by atoms with E-state index in [-0.39, 0.29) is 11.6 Å². The Bertz CT molecular complexity index is 1310. The van der Waals surface area contributed by atoms with Crippen LogP contribution in [0.4, 0.5) is 10.5 Å². The molecule has 0 bridgehead atoms. The molecule has 1 heterocycles. The van der Waals surface area contributed by atoms with Crippen molar-refractivity contribution >= 4 is 22.6 Å². The number of likely N-dealkylation sites (N-methyl/N-ethyl adjacent to an activating group) is 1. The molecule has 0 aliphatic rings. The van der Waals surface area contributed by atoms with Crippen molar-refractivity contribution in [2.24, 2.45) is 0 Å². The van der Waals surface area contributed by atoms with Crippen LogP contribution in [-0.4, -0.2) is 43.1 Å². The van der Waals surface area contributed by atoms with E-state index in [4.69, 9.17) is 0 Å². The van der Waals surface area contributed by atoms with E-state index in [9.17, 15) is 9.59 Å². The summed E-state index contributed by atoms with van der Waals surface area (Å²) in [6, 6.07) is 25.5. The van der Waals surface area contributed by atoms with Gasteiger partial charge in [0, 0.05) is 35.7 Å². The van der Waals surface area contributed by atoms with Crippen molar-refractivity contribution < 1.29 is 4.79 Å². The highest BCUT2D eigenvalue weighted by atomic mass is 16.2. The molecular formula is C27H28N4O2. The van der Waals surface area contributed by atoms with E-state index in [1.807, 2.05) is 73.6 Å². The van der Waals surface area contributed by atoms with E-state index in [0.717, 1.165) is 45.4 Å². The van der Waals surface area contributed by atoms with Crippen molar-refractivity contribution in [1.82, 2.24) is 15.2 Å². The molecule has 0 fully saturated rings. The number of rotatable bonds is 7. The van der Waals surface area contributed by atoms with Crippen LogP contribution in [0.3, 0.4) is 0 Å². The summed E-state index contributed by atoms with van der Waals surface area (Å²) in [7, 11) is 3.93. The number of carbonyl (C=O) groups excluding carboxylic acids is 1. The number of pyridine rings is 1. The van der Waals surface area contributed by atoms with E-state index < -0.39 is 0 Å². The van der Waals surface area contributed by atoms with Gasteiger partial charge in [-0.25, -0.2) is 4.79 Å². The molecule has 1 aromatic heterocycles. The predicted octanol–water partition coefficient (Wildman–Crippen LogP) is 4.47. The van der Waals surface area contributed by atoms with Crippen LogP contribution < -0.4 is 16.2 Å². The van der Waals surface area contributed by atoms with E-state index in [2.05, 4.69) is 33.8 Å². The molecule has 0 atom stereocenters. The summed E-state index contributed by atoms with van der Waals surface area (Å²) in [4.78, 5) is 29.0. The highest BCUT2D eigenvalue weighted by Crippen LogP contribution is 2.25. The maximum absolute atomic E-state index is 12.1. The molecule has 0 aliphatic heterocycles. The van der Waals surface area contributed by atoms with Crippen LogP contribution in [0.25, 0.3) is 22.0 Å². The second-order valence-electron chi connectivity index (χ2n) is 8.34. The van der Waals surface area contributed by atoms with Gasteiger partial charge in [-0.15, -0.1) is 0 Å². The first kappa shape index (κ1) is 22.3. The molecule has 0 saturated carbocycles. The number of fused-ring (bicyclic) bond motifs is 1. The van der Waals surface area contributed by atoms with Gasteiger partial charge in [0.05, 0.1) is 0 Å². The first-order chi connectivity index (χ1) is 16.0. The highest BCUT2D eigenvalue weighted by Gasteiger charge is 2.07. The number of urea groups is 1. The molecule has 4 rings (SSSR count). The van der Waals surface area contributed by atoms with E-state index in [1.54, 1.807) is 6.07 Å². The van der Waals surface area contributed by atoms with Crippen LogP contribution in [0, 0.1) is 0 Å². The van der Waals surface area contributed by atoms with Crippen molar-refractivity contribution in [3.05, 3.63) is 100 Å². The fourth-order valence-corrected chi connectivity index (χ4v) is 3.82. The summed E-state index contributed by atoms with van der Waals surface area (Å²) in [6.45, 7) is 1.38. The summed E-state index contributed by atoms with van der Waals surface area (Å²) >= 11 is 0. The van der Waals surface area contributed by atoms with Gasteiger partial charge in [-0.05, 0) is 61.0 Å². The molecular weight excluding hydrogens is 412 g/mol. The van der Waals surface area contributed by atoms with Crippen LogP contribution in [0.2, 0.25) is 0 Å². The molecule has 0 radical (unpaired) electrons. The lowest BCUT2D eigenvalue weighted by Gasteiger charge is -2.12. The number of benzene rings is 3. The number of anilines is 1. The summed E-state index contributed by atoms with van der Waals surface area (Å²) in [5, 5.41) is 6.76. The predicted molar refractivity (Wildman–Crippen MR) is 135 cm³/mol. The summed E-state index contributed by atoms with van der Waals surface area (Å²) in [6.07, 6.45) is 0.672. The van der Waals surface area contributed by atoms with Crippen LogP contribution in [0.5, 0.6) is 0 Å². The van der Waals surface area contributed by atoms with Crippen LogP contribution in [0.15, 0.2) is 83.7 Å². The Balaban J connectivity index is 1.47. The average Bonchev–Trinajstić information content (AvgIpc) is 2.79. The number of H-pyrrole nitrogens is 1. The molecule has 6 nitrogen and oxygen atoms in total. The van der Waals surface area contributed by atoms with Gasteiger partial charge in [0.1, 0.15) is 0 Å². The normalized spacial score (nSPS) is 11.0. The summed E-state index contributed by atoms with van der Waals surface area (Å²) in [5.41, 5.74) is 5.79. The fraction of sp³-hybridized carbons (Fsp3) is 0.185.